The topological polar surface area (TPSA) is 64.9 Å². The zero-order valence-electron chi connectivity index (χ0n) is 10.5. The average Bonchev–Trinajstić information content (AvgIpc) is 2.47. The molecule has 0 aliphatic carbocycles. The van der Waals surface area contributed by atoms with Crippen LogP contribution in [0.5, 0.6) is 0 Å². The summed E-state index contributed by atoms with van der Waals surface area (Å²) in [6.45, 7) is 12.3. The van der Waals surface area contributed by atoms with Crippen LogP contribution in [-0.2, 0) is 5.41 Å². The van der Waals surface area contributed by atoms with Crippen molar-refractivity contribution in [1.82, 2.24) is 10.1 Å². The van der Waals surface area contributed by atoms with Crippen molar-refractivity contribution in [1.29, 1.82) is 0 Å². The van der Waals surface area contributed by atoms with Crippen molar-refractivity contribution < 1.29 is 4.52 Å². The lowest BCUT2D eigenvalue weighted by Gasteiger charge is -2.23. The molecule has 1 atom stereocenters. The lowest BCUT2D eigenvalue weighted by atomic mass is 9.87. The Morgan fingerprint density at radius 3 is 2.00 bits per heavy atom. The molecule has 0 radical (unpaired) electrons. The molecule has 0 aromatic carbocycles. The van der Waals surface area contributed by atoms with Gasteiger partial charge in [-0.2, -0.15) is 4.98 Å². The summed E-state index contributed by atoms with van der Waals surface area (Å²) in [6.07, 6.45) is 0. The van der Waals surface area contributed by atoms with E-state index in [0.29, 0.717) is 11.7 Å². The van der Waals surface area contributed by atoms with Crippen LogP contribution < -0.4 is 5.73 Å². The molecular formula is C11H21N3O. The summed E-state index contributed by atoms with van der Waals surface area (Å²) in [5, 5.41) is 3.96. The van der Waals surface area contributed by atoms with Crippen molar-refractivity contribution in [3.63, 3.8) is 0 Å². The van der Waals surface area contributed by atoms with Crippen LogP contribution in [0.2, 0.25) is 0 Å². The number of hydrogen-bond acceptors (Lipinski definition) is 4. The first kappa shape index (κ1) is 12.2. The molecule has 0 spiro atoms. The van der Waals surface area contributed by atoms with Gasteiger partial charge in [0.1, 0.15) is 0 Å². The smallest absolute Gasteiger partial charge is 0.244 e. The molecule has 2 N–H and O–H groups in total. The number of hydrogen-bond donors (Lipinski definition) is 1. The van der Waals surface area contributed by atoms with Gasteiger partial charge in [0.2, 0.25) is 5.89 Å². The van der Waals surface area contributed by atoms with E-state index in [1.807, 2.05) is 20.8 Å². The summed E-state index contributed by atoms with van der Waals surface area (Å²) < 4.78 is 5.19. The highest BCUT2D eigenvalue weighted by molar-refractivity contribution is 5.03. The average molecular weight is 211 g/mol. The zero-order valence-corrected chi connectivity index (χ0v) is 10.5. The summed E-state index contributed by atoms with van der Waals surface area (Å²) in [5.74, 6) is 1.23. The molecule has 0 saturated heterocycles. The fourth-order valence-electron chi connectivity index (χ4n) is 1.04. The molecule has 1 aromatic rings. The van der Waals surface area contributed by atoms with Crippen LogP contribution >= 0.6 is 0 Å². The number of nitrogens with zero attached hydrogens (tertiary/aromatic N) is 2. The van der Waals surface area contributed by atoms with Gasteiger partial charge in [-0.25, -0.2) is 0 Å². The Balaban J connectivity index is 2.95. The predicted molar refractivity (Wildman–Crippen MR) is 59.4 cm³/mol. The maximum atomic E-state index is 6.03. The SMILES string of the molecule is CC(C)(C)c1noc(C(N)C(C)(C)C)n1. The first-order chi connectivity index (χ1) is 6.62. The van der Waals surface area contributed by atoms with Crippen molar-refractivity contribution in [2.45, 2.75) is 53.0 Å². The molecule has 0 saturated carbocycles. The molecule has 0 bridgehead atoms. The number of nitrogens with two attached hydrogens (primary N) is 1. The van der Waals surface area contributed by atoms with E-state index in [9.17, 15) is 0 Å². The Labute approximate surface area is 91.2 Å². The van der Waals surface area contributed by atoms with Crippen LogP contribution in [-0.4, -0.2) is 10.1 Å². The summed E-state index contributed by atoms with van der Waals surface area (Å²) >= 11 is 0. The van der Waals surface area contributed by atoms with Gasteiger partial charge in [0.15, 0.2) is 5.82 Å². The van der Waals surface area contributed by atoms with E-state index in [4.69, 9.17) is 10.3 Å². The van der Waals surface area contributed by atoms with Crippen LogP contribution in [0.1, 0.15) is 59.3 Å². The van der Waals surface area contributed by atoms with Gasteiger partial charge in [-0.15, -0.1) is 0 Å². The fraction of sp³-hybridized carbons (Fsp3) is 0.818. The molecule has 1 heterocycles. The van der Waals surface area contributed by atoms with Crippen LogP contribution in [0.25, 0.3) is 0 Å². The summed E-state index contributed by atoms with van der Waals surface area (Å²) in [7, 11) is 0. The first-order valence-electron chi connectivity index (χ1n) is 5.22. The highest BCUT2D eigenvalue weighted by Crippen LogP contribution is 2.30. The lowest BCUT2D eigenvalue weighted by Crippen LogP contribution is -2.26. The maximum absolute atomic E-state index is 6.03. The molecule has 1 rings (SSSR count). The molecule has 15 heavy (non-hydrogen) atoms. The second kappa shape index (κ2) is 3.59. The molecule has 1 unspecified atom stereocenters. The Morgan fingerprint density at radius 2 is 1.67 bits per heavy atom. The predicted octanol–water partition coefficient (Wildman–Crippen LogP) is 2.41. The molecule has 0 fully saturated rings. The lowest BCUT2D eigenvalue weighted by molar-refractivity contribution is 0.251. The third-order valence-corrected chi connectivity index (χ3v) is 2.31. The van der Waals surface area contributed by atoms with E-state index in [1.54, 1.807) is 0 Å². The van der Waals surface area contributed by atoms with E-state index < -0.39 is 0 Å². The van der Waals surface area contributed by atoms with Gasteiger partial charge in [-0.1, -0.05) is 46.7 Å². The summed E-state index contributed by atoms with van der Waals surface area (Å²) in [5.41, 5.74) is 5.87. The Bertz CT molecular complexity index is 330. The summed E-state index contributed by atoms with van der Waals surface area (Å²) in [4.78, 5) is 4.35. The minimum Gasteiger partial charge on any atom is -0.338 e. The zero-order chi connectivity index (χ0) is 11.9. The Morgan fingerprint density at radius 1 is 1.13 bits per heavy atom. The molecule has 0 aliphatic heterocycles. The van der Waals surface area contributed by atoms with Crippen molar-refractivity contribution >= 4 is 0 Å². The van der Waals surface area contributed by atoms with E-state index in [2.05, 4.69) is 30.9 Å². The van der Waals surface area contributed by atoms with Gasteiger partial charge in [0, 0.05) is 5.41 Å². The molecular weight excluding hydrogens is 190 g/mol. The molecule has 4 nitrogen and oxygen atoms in total. The third-order valence-electron chi connectivity index (χ3n) is 2.31. The molecule has 0 aliphatic rings. The number of rotatable bonds is 1. The van der Waals surface area contributed by atoms with Crippen molar-refractivity contribution in [3.8, 4) is 0 Å². The van der Waals surface area contributed by atoms with Crippen LogP contribution in [0, 0.1) is 5.41 Å². The fourth-order valence-corrected chi connectivity index (χ4v) is 1.04. The van der Waals surface area contributed by atoms with E-state index in [0.717, 1.165) is 0 Å². The monoisotopic (exact) mass is 211 g/mol. The van der Waals surface area contributed by atoms with Gasteiger partial charge in [-0.3, -0.25) is 0 Å². The minimum absolute atomic E-state index is 0.0678. The maximum Gasteiger partial charge on any atom is 0.244 e. The van der Waals surface area contributed by atoms with Gasteiger partial charge in [-0.05, 0) is 5.41 Å². The van der Waals surface area contributed by atoms with Gasteiger partial charge in [0.25, 0.3) is 0 Å². The molecule has 1 aromatic heterocycles. The van der Waals surface area contributed by atoms with E-state index in [1.165, 1.54) is 0 Å². The summed E-state index contributed by atoms with van der Waals surface area (Å²) in [6, 6.07) is -0.221. The van der Waals surface area contributed by atoms with Crippen molar-refractivity contribution in [2.24, 2.45) is 11.1 Å². The Kier molecular flexibility index (Phi) is 2.92. The minimum atomic E-state index is -0.221. The van der Waals surface area contributed by atoms with Crippen molar-refractivity contribution in [2.75, 3.05) is 0 Å². The van der Waals surface area contributed by atoms with Crippen LogP contribution in [0.3, 0.4) is 0 Å². The normalized spacial score (nSPS) is 15.4. The van der Waals surface area contributed by atoms with E-state index in [-0.39, 0.29) is 16.9 Å². The molecule has 0 amide bonds. The number of aromatic nitrogens is 2. The Hall–Kier alpha value is -0.900. The van der Waals surface area contributed by atoms with Crippen LogP contribution in [0.4, 0.5) is 0 Å². The van der Waals surface area contributed by atoms with Gasteiger partial charge in [0.05, 0.1) is 6.04 Å². The third kappa shape index (κ3) is 2.78. The second-order valence-electron chi connectivity index (χ2n) is 6.05. The highest BCUT2D eigenvalue weighted by atomic mass is 16.5. The van der Waals surface area contributed by atoms with Crippen LogP contribution in [0.15, 0.2) is 4.52 Å². The van der Waals surface area contributed by atoms with Gasteiger partial charge >= 0.3 is 0 Å². The van der Waals surface area contributed by atoms with Crippen molar-refractivity contribution in [3.05, 3.63) is 11.7 Å². The van der Waals surface area contributed by atoms with E-state index >= 15 is 0 Å². The largest absolute Gasteiger partial charge is 0.338 e. The van der Waals surface area contributed by atoms with Gasteiger partial charge < -0.3 is 10.3 Å². The molecule has 4 heteroatoms. The standard InChI is InChI=1S/C11H21N3O/c1-10(2,3)7(12)8-13-9(14-15-8)11(4,5)6/h7H,12H2,1-6H3. The first-order valence-corrected chi connectivity index (χ1v) is 5.22. The quantitative estimate of drug-likeness (QED) is 0.774. The second-order valence-corrected chi connectivity index (χ2v) is 6.05. The molecule has 86 valence electrons. The highest BCUT2D eigenvalue weighted by Gasteiger charge is 2.29.